The van der Waals surface area contributed by atoms with Crippen LogP contribution in [0.2, 0.25) is 0 Å². The second-order valence-electron chi connectivity index (χ2n) is 5.69. The molecule has 1 rings (SSSR count). The van der Waals surface area contributed by atoms with Gasteiger partial charge >= 0.3 is 0 Å². The monoisotopic (exact) mass is 234 g/mol. The highest BCUT2D eigenvalue weighted by atomic mass is 16.3. The molecule has 0 saturated carbocycles. The summed E-state index contributed by atoms with van der Waals surface area (Å²) in [7, 11) is 0. The Morgan fingerprint density at radius 3 is 2.53 bits per heavy atom. The molecule has 0 fully saturated rings. The van der Waals surface area contributed by atoms with Gasteiger partial charge < -0.3 is 5.11 Å². The van der Waals surface area contributed by atoms with Crippen LogP contribution in [0.3, 0.4) is 0 Å². The van der Waals surface area contributed by atoms with E-state index >= 15 is 0 Å². The molecule has 17 heavy (non-hydrogen) atoms. The predicted octanol–water partition coefficient (Wildman–Crippen LogP) is 4.11. The second kappa shape index (κ2) is 5.68. The highest BCUT2D eigenvalue weighted by Gasteiger charge is 2.45. The molecule has 96 valence electrons. The molecule has 1 heteroatoms. The molecule has 0 aliphatic heterocycles. The first-order valence-electron chi connectivity index (χ1n) is 6.58. The normalized spacial score (nSPS) is 32.6. The summed E-state index contributed by atoms with van der Waals surface area (Å²) in [5, 5.41) is 10.3. The molecule has 0 amide bonds. The fourth-order valence-electron chi connectivity index (χ4n) is 3.41. The Morgan fingerprint density at radius 1 is 1.41 bits per heavy atom. The van der Waals surface area contributed by atoms with Crippen LogP contribution >= 0.6 is 0 Å². The standard InChI is InChI=1S/C16H26O/c1-6-8-9-13-11-14(17)15(12(3)4)16(13,5)10-7-2/h6-7,11-12,14-15,17H,1-2,8-10H2,3-5H3/t14-,15-,16-/m0/s1. The number of aliphatic hydroxyl groups excluding tert-OH is 1. The average Bonchev–Trinajstić information content (AvgIpc) is 2.47. The van der Waals surface area contributed by atoms with Gasteiger partial charge in [-0.1, -0.05) is 44.6 Å². The van der Waals surface area contributed by atoms with E-state index in [2.05, 4.69) is 40.0 Å². The Labute approximate surface area is 106 Å². The van der Waals surface area contributed by atoms with Crippen molar-refractivity contribution < 1.29 is 5.11 Å². The van der Waals surface area contributed by atoms with E-state index in [1.165, 1.54) is 5.57 Å². The van der Waals surface area contributed by atoms with E-state index < -0.39 is 0 Å². The molecule has 0 aromatic rings. The number of hydrogen-bond acceptors (Lipinski definition) is 1. The highest BCUT2D eigenvalue weighted by Crippen LogP contribution is 2.51. The molecule has 0 aromatic heterocycles. The lowest BCUT2D eigenvalue weighted by Crippen LogP contribution is -2.34. The zero-order chi connectivity index (χ0) is 13.1. The number of rotatable bonds is 6. The molecule has 0 radical (unpaired) electrons. The maximum Gasteiger partial charge on any atom is 0.0762 e. The molecule has 1 aliphatic rings. The molecular weight excluding hydrogens is 208 g/mol. The second-order valence-corrected chi connectivity index (χ2v) is 5.69. The predicted molar refractivity (Wildman–Crippen MR) is 74.8 cm³/mol. The Hall–Kier alpha value is -0.820. The third kappa shape index (κ3) is 2.71. The molecule has 0 spiro atoms. The van der Waals surface area contributed by atoms with Crippen LogP contribution in [0, 0.1) is 17.3 Å². The van der Waals surface area contributed by atoms with E-state index in [0.717, 1.165) is 19.3 Å². The van der Waals surface area contributed by atoms with Crippen LogP contribution in [0.5, 0.6) is 0 Å². The van der Waals surface area contributed by atoms with Crippen LogP contribution in [0.25, 0.3) is 0 Å². The van der Waals surface area contributed by atoms with Gasteiger partial charge in [-0.2, -0.15) is 0 Å². The lowest BCUT2D eigenvalue weighted by Gasteiger charge is -2.38. The number of allylic oxidation sites excluding steroid dienone is 3. The van der Waals surface area contributed by atoms with E-state index in [9.17, 15) is 5.11 Å². The summed E-state index contributed by atoms with van der Waals surface area (Å²) in [5.74, 6) is 0.785. The van der Waals surface area contributed by atoms with E-state index in [0.29, 0.717) is 11.8 Å². The molecular formula is C16H26O. The molecule has 0 aromatic carbocycles. The van der Waals surface area contributed by atoms with Gasteiger partial charge in [0, 0.05) is 5.92 Å². The van der Waals surface area contributed by atoms with Crippen LogP contribution in [-0.4, -0.2) is 11.2 Å². The first-order valence-corrected chi connectivity index (χ1v) is 6.58. The summed E-state index contributed by atoms with van der Waals surface area (Å²) in [6, 6.07) is 0. The maximum atomic E-state index is 10.3. The van der Waals surface area contributed by atoms with Crippen molar-refractivity contribution in [3.05, 3.63) is 37.0 Å². The summed E-state index contributed by atoms with van der Waals surface area (Å²) in [5.41, 5.74) is 1.45. The van der Waals surface area contributed by atoms with E-state index in [1.54, 1.807) is 0 Å². The van der Waals surface area contributed by atoms with Gasteiger partial charge in [0.1, 0.15) is 0 Å². The van der Waals surface area contributed by atoms with Gasteiger partial charge in [-0.25, -0.2) is 0 Å². The van der Waals surface area contributed by atoms with Crippen LogP contribution in [0.4, 0.5) is 0 Å². The Balaban J connectivity index is 2.99. The number of hydrogen-bond donors (Lipinski definition) is 1. The van der Waals surface area contributed by atoms with Crippen LogP contribution in [0.15, 0.2) is 37.0 Å². The van der Waals surface area contributed by atoms with Gasteiger partial charge in [-0.3, -0.25) is 0 Å². The minimum atomic E-state index is -0.306. The summed E-state index contributed by atoms with van der Waals surface area (Å²) in [6.45, 7) is 14.3. The lowest BCUT2D eigenvalue weighted by molar-refractivity contribution is 0.0655. The van der Waals surface area contributed by atoms with Crippen molar-refractivity contribution >= 4 is 0 Å². The van der Waals surface area contributed by atoms with Gasteiger partial charge in [0.15, 0.2) is 0 Å². The van der Waals surface area contributed by atoms with Crippen molar-refractivity contribution in [2.45, 2.75) is 46.1 Å². The number of aliphatic hydroxyl groups is 1. The minimum absolute atomic E-state index is 0.0678. The van der Waals surface area contributed by atoms with Gasteiger partial charge in [-0.05, 0) is 30.6 Å². The van der Waals surface area contributed by atoms with Gasteiger partial charge in [0.2, 0.25) is 0 Å². The zero-order valence-electron chi connectivity index (χ0n) is 11.4. The first kappa shape index (κ1) is 14.2. The van der Waals surface area contributed by atoms with Crippen LogP contribution in [0.1, 0.15) is 40.0 Å². The fraction of sp³-hybridized carbons (Fsp3) is 0.625. The summed E-state index contributed by atoms with van der Waals surface area (Å²) in [6.07, 6.45) is 8.62. The average molecular weight is 234 g/mol. The first-order chi connectivity index (χ1) is 7.97. The van der Waals surface area contributed by atoms with Crippen molar-refractivity contribution in [3.63, 3.8) is 0 Å². The van der Waals surface area contributed by atoms with Crippen molar-refractivity contribution in [2.24, 2.45) is 17.3 Å². The third-order valence-electron chi connectivity index (χ3n) is 4.11. The fourth-order valence-corrected chi connectivity index (χ4v) is 3.41. The topological polar surface area (TPSA) is 20.2 Å². The molecule has 3 atom stereocenters. The van der Waals surface area contributed by atoms with Crippen LogP contribution in [-0.2, 0) is 0 Å². The van der Waals surface area contributed by atoms with E-state index in [1.807, 2.05) is 12.2 Å². The van der Waals surface area contributed by atoms with Crippen molar-refractivity contribution in [3.8, 4) is 0 Å². The van der Waals surface area contributed by atoms with Gasteiger partial charge in [0.25, 0.3) is 0 Å². The van der Waals surface area contributed by atoms with Gasteiger partial charge in [0.05, 0.1) is 6.10 Å². The summed E-state index contributed by atoms with van der Waals surface area (Å²) >= 11 is 0. The largest absolute Gasteiger partial charge is 0.389 e. The summed E-state index contributed by atoms with van der Waals surface area (Å²) < 4.78 is 0. The molecule has 0 unspecified atom stereocenters. The summed E-state index contributed by atoms with van der Waals surface area (Å²) in [4.78, 5) is 0. The van der Waals surface area contributed by atoms with E-state index in [-0.39, 0.29) is 11.5 Å². The molecule has 1 N–H and O–H groups in total. The molecule has 0 bridgehead atoms. The van der Waals surface area contributed by atoms with Gasteiger partial charge in [-0.15, -0.1) is 13.2 Å². The van der Waals surface area contributed by atoms with Crippen LogP contribution < -0.4 is 0 Å². The van der Waals surface area contributed by atoms with E-state index in [4.69, 9.17) is 0 Å². The van der Waals surface area contributed by atoms with Crippen molar-refractivity contribution in [1.29, 1.82) is 0 Å². The Morgan fingerprint density at radius 2 is 2.06 bits per heavy atom. The molecule has 0 heterocycles. The Kier molecular flexibility index (Phi) is 4.76. The quantitative estimate of drug-likeness (QED) is 0.686. The SMILES string of the molecule is C=CCCC1=C[C@H](O)[C@H](C(C)C)[C@@]1(C)CC=C. The molecule has 0 saturated heterocycles. The maximum absolute atomic E-state index is 10.3. The van der Waals surface area contributed by atoms with Crippen molar-refractivity contribution in [1.82, 2.24) is 0 Å². The van der Waals surface area contributed by atoms with Crippen molar-refractivity contribution in [2.75, 3.05) is 0 Å². The zero-order valence-corrected chi connectivity index (χ0v) is 11.4. The minimum Gasteiger partial charge on any atom is -0.389 e. The smallest absolute Gasteiger partial charge is 0.0762 e. The highest BCUT2D eigenvalue weighted by molar-refractivity contribution is 5.27. The third-order valence-corrected chi connectivity index (χ3v) is 4.11. The molecule has 1 aliphatic carbocycles. The molecule has 1 nitrogen and oxygen atoms in total. The Bertz CT molecular complexity index is 313. The lowest BCUT2D eigenvalue weighted by atomic mass is 9.67.